The van der Waals surface area contributed by atoms with Crippen LogP contribution in [0.5, 0.6) is 0 Å². The maximum Gasteiger partial charge on any atom is 0.154 e. The first kappa shape index (κ1) is 13.7. The molecular formula is C15H15Cl2N3. The summed E-state index contributed by atoms with van der Waals surface area (Å²) in [5.74, 6) is 0. The second kappa shape index (κ2) is 5.24. The molecule has 20 heavy (non-hydrogen) atoms. The fraction of sp³-hybridized carbons (Fsp3) is 0.267. The number of aryl methyl sites for hydroxylation is 1. The number of pyridine rings is 1. The van der Waals surface area contributed by atoms with Gasteiger partial charge in [0.05, 0.1) is 11.7 Å². The minimum atomic E-state index is 0.0584. The minimum absolute atomic E-state index is 0.0584. The Bertz CT molecular complexity index is 634. The molecule has 0 bridgehead atoms. The highest BCUT2D eigenvalue weighted by atomic mass is 35.5. The van der Waals surface area contributed by atoms with E-state index in [4.69, 9.17) is 28.9 Å². The number of benzene rings is 1. The van der Waals surface area contributed by atoms with Gasteiger partial charge >= 0.3 is 0 Å². The summed E-state index contributed by atoms with van der Waals surface area (Å²) < 4.78 is 0. The SMILES string of the molecule is Cc1cc(Cl)nc(Cl)c1NC1CC(N)c2ccccc21. The molecule has 0 spiro atoms. The van der Waals surface area contributed by atoms with E-state index in [9.17, 15) is 0 Å². The van der Waals surface area contributed by atoms with Gasteiger partial charge in [0.15, 0.2) is 5.15 Å². The molecule has 0 radical (unpaired) electrons. The fourth-order valence-electron chi connectivity index (χ4n) is 2.75. The predicted molar refractivity (Wildman–Crippen MR) is 83.3 cm³/mol. The second-order valence-electron chi connectivity index (χ2n) is 5.10. The van der Waals surface area contributed by atoms with Gasteiger partial charge in [0.1, 0.15) is 5.15 Å². The van der Waals surface area contributed by atoms with Crippen molar-refractivity contribution in [1.29, 1.82) is 0 Å². The van der Waals surface area contributed by atoms with Gasteiger partial charge in [-0.05, 0) is 36.1 Å². The standard InChI is InChI=1S/C15H15Cl2N3/c1-8-6-13(16)20-15(17)14(8)19-12-7-11(18)9-4-2-3-5-10(9)12/h2-6,11-12,19H,7,18H2,1H3. The molecule has 2 unspecified atom stereocenters. The lowest BCUT2D eigenvalue weighted by Gasteiger charge is -2.18. The Morgan fingerprint density at radius 1 is 1.25 bits per heavy atom. The third-order valence-corrected chi connectivity index (χ3v) is 4.19. The van der Waals surface area contributed by atoms with Crippen molar-refractivity contribution in [1.82, 2.24) is 4.98 Å². The summed E-state index contributed by atoms with van der Waals surface area (Å²) in [6.07, 6.45) is 0.845. The maximum atomic E-state index is 6.19. The molecule has 1 aromatic carbocycles. The van der Waals surface area contributed by atoms with E-state index in [1.807, 2.05) is 19.1 Å². The zero-order valence-electron chi connectivity index (χ0n) is 11.0. The normalized spacial score (nSPS) is 20.8. The lowest BCUT2D eigenvalue weighted by Crippen LogP contribution is -2.11. The molecule has 104 valence electrons. The third kappa shape index (κ3) is 2.37. The Balaban J connectivity index is 1.94. The number of rotatable bonds is 2. The summed E-state index contributed by atoms with van der Waals surface area (Å²) >= 11 is 12.1. The van der Waals surface area contributed by atoms with Crippen LogP contribution in [-0.2, 0) is 0 Å². The van der Waals surface area contributed by atoms with Crippen molar-refractivity contribution in [2.24, 2.45) is 5.73 Å². The summed E-state index contributed by atoms with van der Waals surface area (Å²) in [5.41, 5.74) is 10.4. The molecule has 0 saturated heterocycles. The molecule has 0 fully saturated rings. The molecule has 3 rings (SSSR count). The zero-order valence-corrected chi connectivity index (χ0v) is 12.5. The van der Waals surface area contributed by atoms with Gasteiger partial charge in [-0.1, -0.05) is 47.5 Å². The monoisotopic (exact) mass is 307 g/mol. The highest BCUT2D eigenvalue weighted by Crippen LogP contribution is 2.40. The molecule has 1 aromatic heterocycles. The van der Waals surface area contributed by atoms with E-state index in [2.05, 4.69) is 22.4 Å². The van der Waals surface area contributed by atoms with E-state index in [1.54, 1.807) is 6.07 Å². The van der Waals surface area contributed by atoms with Crippen molar-refractivity contribution >= 4 is 28.9 Å². The van der Waals surface area contributed by atoms with Gasteiger partial charge in [-0.2, -0.15) is 0 Å². The van der Waals surface area contributed by atoms with Crippen LogP contribution in [0.4, 0.5) is 5.69 Å². The average Bonchev–Trinajstić information content (AvgIpc) is 2.71. The summed E-state index contributed by atoms with van der Waals surface area (Å²) in [5, 5.41) is 4.26. The molecule has 1 heterocycles. The first-order valence-electron chi connectivity index (χ1n) is 6.50. The van der Waals surface area contributed by atoms with Crippen LogP contribution in [0.1, 0.15) is 35.2 Å². The van der Waals surface area contributed by atoms with E-state index >= 15 is 0 Å². The van der Waals surface area contributed by atoms with Crippen LogP contribution in [0, 0.1) is 6.92 Å². The van der Waals surface area contributed by atoms with E-state index in [1.165, 1.54) is 11.1 Å². The maximum absolute atomic E-state index is 6.19. The quantitative estimate of drug-likeness (QED) is 0.815. The smallest absolute Gasteiger partial charge is 0.154 e. The topological polar surface area (TPSA) is 50.9 Å². The van der Waals surface area contributed by atoms with Crippen LogP contribution < -0.4 is 11.1 Å². The minimum Gasteiger partial charge on any atom is -0.375 e. The number of hydrogen-bond acceptors (Lipinski definition) is 3. The number of nitrogens with zero attached hydrogens (tertiary/aromatic N) is 1. The molecule has 3 nitrogen and oxygen atoms in total. The lowest BCUT2D eigenvalue weighted by atomic mass is 10.1. The zero-order chi connectivity index (χ0) is 14.3. The van der Waals surface area contributed by atoms with Crippen molar-refractivity contribution in [3.05, 3.63) is 57.3 Å². The van der Waals surface area contributed by atoms with Crippen LogP contribution in [0.15, 0.2) is 30.3 Å². The van der Waals surface area contributed by atoms with Gasteiger partial charge in [-0.3, -0.25) is 0 Å². The number of hydrogen-bond donors (Lipinski definition) is 2. The first-order chi connectivity index (χ1) is 9.56. The number of nitrogens with two attached hydrogens (primary N) is 1. The Kier molecular flexibility index (Phi) is 3.59. The molecule has 2 atom stereocenters. The van der Waals surface area contributed by atoms with Crippen molar-refractivity contribution in [2.75, 3.05) is 5.32 Å². The summed E-state index contributed by atoms with van der Waals surface area (Å²) in [4.78, 5) is 4.09. The molecule has 5 heteroatoms. The van der Waals surface area contributed by atoms with Gasteiger partial charge in [0.25, 0.3) is 0 Å². The summed E-state index contributed by atoms with van der Waals surface area (Å²) in [6.45, 7) is 1.96. The van der Waals surface area contributed by atoms with Gasteiger partial charge in [-0.15, -0.1) is 0 Å². The van der Waals surface area contributed by atoms with E-state index in [-0.39, 0.29) is 12.1 Å². The molecule has 0 aliphatic heterocycles. The third-order valence-electron chi connectivity index (χ3n) is 3.72. The predicted octanol–water partition coefficient (Wildman–Crippen LogP) is 4.25. The lowest BCUT2D eigenvalue weighted by molar-refractivity contribution is 0.648. The van der Waals surface area contributed by atoms with E-state index in [0.717, 1.165) is 17.7 Å². The summed E-state index contributed by atoms with van der Waals surface area (Å²) in [7, 11) is 0. The molecule has 1 aliphatic rings. The number of aromatic nitrogens is 1. The summed E-state index contributed by atoms with van der Waals surface area (Å²) in [6, 6.07) is 10.2. The van der Waals surface area contributed by atoms with E-state index < -0.39 is 0 Å². The highest BCUT2D eigenvalue weighted by Gasteiger charge is 2.28. The molecule has 0 saturated carbocycles. The van der Waals surface area contributed by atoms with Gasteiger partial charge in [-0.25, -0.2) is 4.98 Å². The Hall–Kier alpha value is -1.29. The Morgan fingerprint density at radius 3 is 2.65 bits per heavy atom. The Labute approximate surface area is 128 Å². The molecule has 0 amide bonds. The van der Waals surface area contributed by atoms with Gasteiger partial charge in [0.2, 0.25) is 0 Å². The van der Waals surface area contributed by atoms with Crippen LogP contribution in [0.25, 0.3) is 0 Å². The molecular weight excluding hydrogens is 293 g/mol. The van der Waals surface area contributed by atoms with Gasteiger partial charge < -0.3 is 11.1 Å². The largest absolute Gasteiger partial charge is 0.375 e. The second-order valence-corrected chi connectivity index (χ2v) is 5.84. The number of fused-ring (bicyclic) bond motifs is 1. The van der Waals surface area contributed by atoms with Crippen molar-refractivity contribution in [3.8, 4) is 0 Å². The molecule has 3 N–H and O–H groups in total. The number of nitrogens with one attached hydrogen (secondary N) is 1. The van der Waals surface area contributed by atoms with Crippen LogP contribution in [0.2, 0.25) is 10.3 Å². The average molecular weight is 308 g/mol. The van der Waals surface area contributed by atoms with E-state index in [0.29, 0.717) is 10.3 Å². The molecule has 2 aromatic rings. The van der Waals surface area contributed by atoms with Crippen molar-refractivity contribution in [3.63, 3.8) is 0 Å². The molecule has 1 aliphatic carbocycles. The van der Waals surface area contributed by atoms with Crippen molar-refractivity contribution < 1.29 is 0 Å². The van der Waals surface area contributed by atoms with Crippen LogP contribution in [-0.4, -0.2) is 4.98 Å². The number of anilines is 1. The highest BCUT2D eigenvalue weighted by molar-refractivity contribution is 6.34. The fourth-order valence-corrected chi connectivity index (χ4v) is 3.34. The van der Waals surface area contributed by atoms with Crippen LogP contribution >= 0.6 is 23.2 Å². The Morgan fingerprint density at radius 2 is 1.95 bits per heavy atom. The number of halogens is 2. The first-order valence-corrected chi connectivity index (χ1v) is 7.25. The van der Waals surface area contributed by atoms with Gasteiger partial charge in [0, 0.05) is 6.04 Å². The van der Waals surface area contributed by atoms with Crippen molar-refractivity contribution in [2.45, 2.75) is 25.4 Å². The van der Waals surface area contributed by atoms with Crippen LogP contribution in [0.3, 0.4) is 0 Å².